The van der Waals surface area contributed by atoms with Crippen molar-refractivity contribution in [2.45, 2.75) is 25.9 Å². The van der Waals surface area contributed by atoms with Gasteiger partial charge in [-0.3, -0.25) is 9.69 Å². The van der Waals surface area contributed by atoms with Gasteiger partial charge in [0.2, 0.25) is 0 Å². The van der Waals surface area contributed by atoms with Gasteiger partial charge < -0.3 is 19.9 Å². The van der Waals surface area contributed by atoms with Crippen molar-refractivity contribution < 1.29 is 9.53 Å². The number of nitrogens with zero attached hydrogens (tertiary/aromatic N) is 2. The highest BCUT2D eigenvalue weighted by Crippen LogP contribution is 2.32. The van der Waals surface area contributed by atoms with Gasteiger partial charge in [-0.15, -0.1) is 0 Å². The number of hydrogen-bond donors (Lipinski definition) is 2. The van der Waals surface area contributed by atoms with E-state index in [1.54, 1.807) is 7.11 Å². The predicted octanol–water partition coefficient (Wildman–Crippen LogP) is 4.93. The summed E-state index contributed by atoms with van der Waals surface area (Å²) in [7, 11) is 1.71. The van der Waals surface area contributed by atoms with Gasteiger partial charge >= 0.3 is 0 Å². The van der Waals surface area contributed by atoms with E-state index in [1.807, 2.05) is 31.2 Å². The summed E-state index contributed by atoms with van der Waals surface area (Å²) < 4.78 is 5.44. The van der Waals surface area contributed by atoms with E-state index < -0.39 is 0 Å². The molecule has 8 heteroatoms. The maximum absolute atomic E-state index is 12.8. The van der Waals surface area contributed by atoms with E-state index in [9.17, 15) is 4.79 Å². The number of aromatic amines is 1. The van der Waals surface area contributed by atoms with Crippen LogP contribution < -0.4 is 10.2 Å². The molecule has 6 nitrogen and oxygen atoms in total. The maximum atomic E-state index is 12.8. The number of aromatic nitrogens is 1. The first-order valence-corrected chi connectivity index (χ1v) is 12.5. The van der Waals surface area contributed by atoms with E-state index in [-0.39, 0.29) is 12.0 Å². The molecule has 1 fully saturated rings. The van der Waals surface area contributed by atoms with E-state index >= 15 is 0 Å². The van der Waals surface area contributed by atoms with Gasteiger partial charge in [0, 0.05) is 51.2 Å². The molecule has 1 saturated heterocycles. The van der Waals surface area contributed by atoms with Gasteiger partial charge in [-0.25, -0.2) is 0 Å². The Hall–Kier alpha value is -2.25. The first-order chi connectivity index (χ1) is 16.5. The van der Waals surface area contributed by atoms with Crippen LogP contribution in [0.15, 0.2) is 42.5 Å². The monoisotopic (exact) mass is 502 g/mol. The fraction of sp³-hybridized carbons (Fsp3) is 0.423. The Kier molecular flexibility index (Phi) is 8.37. The van der Waals surface area contributed by atoms with E-state index in [2.05, 4.69) is 38.3 Å². The second-order valence-corrected chi connectivity index (χ2v) is 9.55. The number of ether oxygens (including phenoxy) is 1. The Labute approximate surface area is 211 Å². The minimum atomic E-state index is -0.0379. The first-order valence-electron chi connectivity index (χ1n) is 11.8. The third-order valence-corrected chi connectivity index (χ3v) is 7.29. The lowest BCUT2D eigenvalue weighted by atomic mass is 10.0. The van der Waals surface area contributed by atoms with Crippen molar-refractivity contribution in [3.63, 3.8) is 0 Å². The fourth-order valence-corrected chi connectivity index (χ4v) is 4.91. The second kappa shape index (κ2) is 11.5. The topological polar surface area (TPSA) is 60.6 Å². The van der Waals surface area contributed by atoms with Crippen molar-refractivity contribution in [3.8, 4) is 0 Å². The average Bonchev–Trinajstić information content (AvgIpc) is 3.25. The Morgan fingerprint density at radius 2 is 2.03 bits per heavy atom. The number of H-pyrrole nitrogens is 1. The highest BCUT2D eigenvalue weighted by molar-refractivity contribution is 6.43. The molecule has 1 amide bonds. The van der Waals surface area contributed by atoms with E-state index in [0.29, 0.717) is 22.2 Å². The molecule has 1 atom stereocenters. The van der Waals surface area contributed by atoms with Crippen LogP contribution in [0.25, 0.3) is 5.57 Å². The smallest absolute Gasteiger partial charge is 0.253 e. The highest BCUT2D eigenvalue weighted by atomic mass is 35.5. The SMILES string of the molecule is COC1C=C(c2cc(C(=O)NCCCN3CCN(c4cccc(Cl)c4Cl)CC3)c(C)[nH]2)C=CC1. The van der Waals surface area contributed by atoms with Crippen LogP contribution in [-0.4, -0.2) is 68.3 Å². The molecule has 2 aliphatic rings. The summed E-state index contributed by atoms with van der Waals surface area (Å²) in [6.45, 7) is 7.27. The Morgan fingerprint density at radius 1 is 1.24 bits per heavy atom. The number of anilines is 1. The molecule has 4 rings (SSSR count). The molecule has 1 aliphatic heterocycles. The van der Waals surface area contributed by atoms with Crippen molar-refractivity contribution in [2.24, 2.45) is 0 Å². The number of methoxy groups -OCH3 is 1. The number of benzene rings is 1. The average molecular weight is 503 g/mol. The molecule has 1 aliphatic carbocycles. The van der Waals surface area contributed by atoms with Gasteiger partial charge in [0.05, 0.1) is 27.4 Å². The van der Waals surface area contributed by atoms with Crippen molar-refractivity contribution in [1.82, 2.24) is 15.2 Å². The standard InChI is InChI=1S/C26H32Cl2N4O2/c1-18-21(17-23(30-18)19-6-3-7-20(16-19)34-2)26(33)29-10-5-11-31-12-14-32(15-13-31)24-9-4-8-22(27)25(24)28/h3-4,6,8-9,16-17,20,30H,5,7,10-15H2,1-2H3,(H,29,33). The minimum absolute atomic E-state index is 0.0379. The number of halogens is 2. The van der Waals surface area contributed by atoms with Gasteiger partial charge in [0.15, 0.2) is 0 Å². The van der Waals surface area contributed by atoms with Crippen LogP contribution in [0.2, 0.25) is 10.0 Å². The lowest BCUT2D eigenvalue weighted by Crippen LogP contribution is -2.47. The van der Waals surface area contributed by atoms with Crippen LogP contribution in [0.5, 0.6) is 0 Å². The highest BCUT2D eigenvalue weighted by Gasteiger charge is 2.20. The van der Waals surface area contributed by atoms with Gasteiger partial charge in [-0.1, -0.05) is 41.4 Å². The summed E-state index contributed by atoms with van der Waals surface area (Å²) in [5, 5.41) is 4.29. The van der Waals surface area contributed by atoms with Crippen LogP contribution in [-0.2, 0) is 4.74 Å². The number of hydrogen-bond acceptors (Lipinski definition) is 4. The number of carbonyl (C=O) groups excluding carboxylic acids is 1. The van der Waals surface area contributed by atoms with Crippen LogP contribution >= 0.6 is 23.2 Å². The molecule has 2 N–H and O–H groups in total. The summed E-state index contributed by atoms with van der Waals surface area (Å²) in [5.41, 5.74) is 4.56. The number of amides is 1. The molecule has 0 radical (unpaired) electrons. The number of rotatable bonds is 8. The molecule has 0 bridgehead atoms. The Bertz CT molecular complexity index is 1070. The molecule has 0 spiro atoms. The zero-order valence-electron chi connectivity index (χ0n) is 19.7. The number of piperazine rings is 1. The maximum Gasteiger partial charge on any atom is 0.253 e. The molecule has 182 valence electrons. The van der Waals surface area contributed by atoms with Gasteiger partial charge in [0.1, 0.15) is 0 Å². The third-order valence-electron chi connectivity index (χ3n) is 6.49. The molecule has 0 saturated carbocycles. The van der Waals surface area contributed by atoms with Crippen molar-refractivity contribution in [1.29, 1.82) is 0 Å². The third kappa shape index (κ3) is 5.87. The van der Waals surface area contributed by atoms with Crippen LogP contribution in [0.3, 0.4) is 0 Å². The molecular weight excluding hydrogens is 471 g/mol. The number of carbonyl (C=O) groups is 1. The summed E-state index contributed by atoms with van der Waals surface area (Å²) in [4.78, 5) is 20.8. The van der Waals surface area contributed by atoms with Gasteiger partial charge in [0.25, 0.3) is 5.91 Å². The molecule has 1 unspecified atom stereocenters. The lowest BCUT2D eigenvalue weighted by molar-refractivity contribution is 0.0951. The van der Waals surface area contributed by atoms with Crippen molar-refractivity contribution in [2.75, 3.05) is 51.3 Å². The molecule has 1 aromatic carbocycles. The number of allylic oxidation sites excluding steroid dienone is 2. The van der Waals surface area contributed by atoms with E-state index in [0.717, 1.165) is 68.2 Å². The summed E-state index contributed by atoms with van der Waals surface area (Å²) in [6.07, 6.45) is 8.11. The molecular formula is C26H32Cl2N4O2. The Morgan fingerprint density at radius 3 is 2.79 bits per heavy atom. The Balaban J connectivity index is 1.22. The second-order valence-electron chi connectivity index (χ2n) is 8.77. The van der Waals surface area contributed by atoms with Gasteiger partial charge in [-0.05, 0) is 56.2 Å². The lowest BCUT2D eigenvalue weighted by Gasteiger charge is -2.36. The van der Waals surface area contributed by atoms with E-state index in [4.69, 9.17) is 27.9 Å². The summed E-state index contributed by atoms with van der Waals surface area (Å²) in [5.74, 6) is -0.0379. The minimum Gasteiger partial charge on any atom is -0.377 e. The predicted molar refractivity (Wildman–Crippen MR) is 140 cm³/mol. The first kappa shape index (κ1) is 24.9. The number of nitrogens with one attached hydrogen (secondary N) is 2. The molecule has 2 aromatic rings. The van der Waals surface area contributed by atoms with Crippen molar-refractivity contribution >= 4 is 40.4 Å². The zero-order valence-corrected chi connectivity index (χ0v) is 21.3. The van der Waals surface area contributed by atoms with Crippen LogP contribution in [0.1, 0.15) is 34.6 Å². The molecule has 34 heavy (non-hydrogen) atoms. The zero-order chi connectivity index (χ0) is 24.1. The largest absolute Gasteiger partial charge is 0.377 e. The number of aryl methyl sites for hydroxylation is 1. The van der Waals surface area contributed by atoms with Crippen LogP contribution in [0.4, 0.5) is 5.69 Å². The van der Waals surface area contributed by atoms with Crippen LogP contribution in [0, 0.1) is 6.92 Å². The quantitative estimate of drug-likeness (QED) is 0.502. The molecule has 2 heterocycles. The van der Waals surface area contributed by atoms with Gasteiger partial charge in [-0.2, -0.15) is 0 Å². The fourth-order valence-electron chi connectivity index (χ4n) is 4.50. The van der Waals surface area contributed by atoms with E-state index in [1.165, 1.54) is 0 Å². The van der Waals surface area contributed by atoms with Crippen molar-refractivity contribution in [3.05, 3.63) is 69.5 Å². The molecule has 1 aromatic heterocycles. The summed E-state index contributed by atoms with van der Waals surface area (Å²) >= 11 is 12.5. The summed E-state index contributed by atoms with van der Waals surface area (Å²) in [6, 6.07) is 7.70. The normalized spacial score (nSPS) is 18.8.